The summed E-state index contributed by atoms with van der Waals surface area (Å²) in [6.45, 7) is 5.25. The second-order valence-electron chi connectivity index (χ2n) is 5.92. The molecule has 26 heavy (non-hydrogen) atoms. The minimum atomic E-state index is -0.867. The van der Waals surface area contributed by atoms with Gasteiger partial charge in [0, 0.05) is 11.4 Å². The molecule has 0 heterocycles. The Balaban J connectivity index is 2.26. The number of hydrogen-bond donors (Lipinski definition) is 0. The van der Waals surface area contributed by atoms with Gasteiger partial charge >= 0.3 is 11.9 Å². The van der Waals surface area contributed by atoms with Crippen LogP contribution in [0.3, 0.4) is 0 Å². The summed E-state index contributed by atoms with van der Waals surface area (Å²) in [5, 5.41) is 0. The molecule has 146 valence electrons. The Morgan fingerprint density at radius 1 is 1.00 bits per heavy atom. The summed E-state index contributed by atoms with van der Waals surface area (Å²) in [4.78, 5) is 24.0. The third kappa shape index (κ3) is 9.34. The number of carbonyl (C=O) groups is 2. The number of hydrogen-bond acceptors (Lipinski definition) is 5. The summed E-state index contributed by atoms with van der Waals surface area (Å²) in [6, 6.07) is 10.1. The van der Waals surface area contributed by atoms with Gasteiger partial charge in [0.1, 0.15) is 0 Å². The zero-order valence-electron chi connectivity index (χ0n) is 15.6. The van der Waals surface area contributed by atoms with E-state index in [1.54, 1.807) is 13.8 Å². The Morgan fingerprint density at radius 2 is 1.62 bits per heavy atom. The molecule has 0 amide bonds. The summed E-state index contributed by atoms with van der Waals surface area (Å²) < 4.78 is 15.6. The summed E-state index contributed by atoms with van der Waals surface area (Å²) in [7, 11) is 0. The van der Waals surface area contributed by atoms with E-state index in [-0.39, 0.29) is 18.0 Å². The normalized spacial score (nSPS) is 12.0. The summed E-state index contributed by atoms with van der Waals surface area (Å²) in [5.41, 5.74) is 1.16. The molecule has 1 unspecified atom stereocenters. The van der Waals surface area contributed by atoms with Gasteiger partial charge < -0.3 is 14.2 Å². The van der Waals surface area contributed by atoms with E-state index >= 15 is 0 Å². The van der Waals surface area contributed by atoms with Crippen molar-refractivity contribution in [1.29, 1.82) is 0 Å². The zero-order chi connectivity index (χ0) is 19.2. The molecule has 0 aromatic heterocycles. The lowest BCUT2D eigenvalue weighted by Crippen LogP contribution is -2.30. The van der Waals surface area contributed by atoms with Gasteiger partial charge in [-0.25, -0.2) is 0 Å². The van der Waals surface area contributed by atoms with Crippen molar-refractivity contribution in [1.82, 2.24) is 0 Å². The van der Waals surface area contributed by atoms with Crippen LogP contribution in [-0.2, 0) is 30.4 Å². The van der Waals surface area contributed by atoms with Gasteiger partial charge in [0.2, 0.25) is 0 Å². The molecule has 1 atom stereocenters. The first kappa shape index (κ1) is 22.6. The van der Waals surface area contributed by atoms with Gasteiger partial charge in [0.05, 0.1) is 19.8 Å². The van der Waals surface area contributed by atoms with Crippen LogP contribution in [0.25, 0.3) is 0 Å². The van der Waals surface area contributed by atoms with E-state index in [4.69, 9.17) is 14.2 Å². The first-order chi connectivity index (χ1) is 12.6. The van der Waals surface area contributed by atoms with Crippen molar-refractivity contribution in [3.8, 4) is 0 Å². The molecule has 6 heteroatoms. The fourth-order valence-corrected chi connectivity index (χ4v) is 3.18. The quantitative estimate of drug-likeness (QED) is 0.203. The highest BCUT2D eigenvalue weighted by Crippen LogP contribution is 2.21. The number of unbranched alkanes of at least 4 members (excludes halogenated alkanes) is 1. The Labute approximate surface area is 164 Å². The SMILES string of the molecule is CCOC(=O)C(CC(Br)CCCCOCc1ccccc1)C(=O)OCC. The van der Waals surface area contributed by atoms with E-state index in [0.717, 1.165) is 24.8 Å². The van der Waals surface area contributed by atoms with Crippen molar-refractivity contribution in [2.45, 2.75) is 51.0 Å². The van der Waals surface area contributed by atoms with E-state index < -0.39 is 17.9 Å². The van der Waals surface area contributed by atoms with E-state index in [2.05, 4.69) is 15.9 Å². The number of ether oxygens (including phenoxy) is 3. The Kier molecular flexibility index (Phi) is 12.0. The minimum absolute atomic E-state index is 0.0513. The van der Waals surface area contributed by atoms with Crippen molar-refractivity contribution in [2.24, 2.45) is 5.92 Å². The molecular formula is C20H29BrO5. The maximum atomic E-state index is 12.0. The second kappa shape index (κ2) is 13.8. The zero-order valence-corrected chi connectivity index (χ0v) is 17.2. The number of esters is 2. The fraction of sp³-hybridized carbons (Fsp3) is 0.600. The molecule has 0 aliphatic carbocycles. The molecule has 5 nitrogen and oxygen atoms in total. The van der Waals surface area contributed by atoms with E-state index in [0.29, 0.717) is 19.6 Å². The van der Waals surface area contributed by atoms with Crippen molar-refractivity contribution >= 4 is 27.9 Å². The lowest BCUT2D eigenvalue weighted by molar-refractivity contribution is -0.161. The van der Waals surface area contributed by atoms with Gasteiger partial charge in [-0.1, -0.05) is 52.7 Å². The number of carbonyl (C=O) groups excluding carboxylic acids is 2. The predicted octanol–water partition coefficient (Wildman–Crippen LogP) is 4.27. The summed E-state index contributed by atoms with van der Waals surface area (Å²) in [6.07, 6.45) is 3.11. The minimum Gasteiger partial charge on any atom is -0.465 e. The molecule has 0 saturated carbocycles. The third-order valence-electron chi connectivity index (χ3n) is 3.80. The highest BCUT2D eigenvalue weighted by molar-refractivity contribution is 9.09. The van der Waals surface area contributed by atoms with Gasteiger partial charge in [0.25, 0.3) is 0 Å². The fourth-order valence-electron chi connectivity index (χ4n) is 2.48. The smallest absolute Gasteiger partial charge is 0.320 e. The van der Waals surface area contributed by atoms with Gasteiger partial charge in [-0.2, -0.15) is 0 Å². The molecule has 1 aromatic rings. The molecule has 1 rings (SSSR count). The lowest BCUT2D eigenvalue weighted by atomic mass is 10.0. The van der Waals surface area contributed by atoms with Gasteiger partial charge in [0.15, 0.2) is 5.92 Å². The van der Waals surface area contributed by atoms with Gasteiger partial charge in [-0.05, 0) is 38.7 Å². The van der Waals surface area contributed by atoms with E-state index in [9.17, 15) is 9.59 Å². The Morgan fingerprint density at radius 3 is 2.19 bits per heavy atom. The molecule has 0 N–H and O–H groups in total. The van der Waals surface area contributed by atoms with Crippen LogP contribution >= 0.6 is 15.9 Å². The number of rotatable bonds is 13. The van der Waals surface area contributed by atoms with Crippen molar-refractivity contribution in [3.05, 3.63) is 35.9 Å². The number of benzene rings is 1. The molecule has 0 aliphatic rings. The summed E-state index contributed by atoms with van der Waals surface area (Å²) in [5.74, 6) is -1.89. The molecule has 0 saturated heterocycles. The van der Waals surface area contributed by atoms with Crippen molar-refractivity contribution in [3.63, 3.8) is 0 Å². The maximum absolute atomic E-state index is 12.0. The number of alkyl halides is 1. The van der Waals surface area contributed by atoms with E-state index in [1.807, 2.05) is 30.3 Å². The highest BCUT2D eigenvalue weighted by Gasteiger charge is 2.31. The first-order valence-corrected chi connectivity index (χ1v) is 10.1. The van der Waals surface area contributed by atoms with Crippen LogP contribution in [-0.4, -0.2) is 36.6 Å². The average molecular weight is 429 g/mol. The molecule has 0 spiro atoms. The molecular weight excluding hydrogens is 400 g/mol. The molecule has 1 aromatic carbocycles. The maximum Gasteiger partial charge on any atom is 0.320 e. The van der Waals surface area contributed by atoms with Crippen LogP contribution in [0.5, 0.6) is 0 Å². The highest BCUT2D eigenvalue weighted by atomic mass is 79.9. The van der Waals surface area contributed by atoms with Crippen LogP contribution in [0, 0.1) is 5.92 Å². The van der Waals surface area contributed by atoms with Gasteiger partial charge in [-0.15, -0.1) is 0 Å². The van der Waals surface area contributed by atoms with Crippen LogP contribution in [0.1, 0.15) is 45.1 Å². The Hall–Kier alpha value is -1.40. The average Bonchev–Trinajstić information content (AvgIpc) is 2.63. The van der Waals surface area contributed by atoms with E-state index in [1.165, 1.54) is 0 Å². The summed E-state index contributed by atoms with van der Waals surface area (Å²) >= 11 is 3.57. The molecule has 0 fully saturated rings. The first-order valence-electron chi connectivity index (χ1n) is 9.17. The molecule has 0 radical (unpaired) electrons. The standard InChI is InChI=1S/C20H29BrO5/c1-3-25-19(22)18(20(23)26-4-2)14-17(21)12-8-9-13-24-15-16-10-6-5-7-11-16/h5-7,10-11,17-18H,3-4,8-9,12-15H2,1-2H3. The van der Waals surface area contributed by atoms with Crippen LogP contribution < -0.4 is 0 Å². The number of halogens is 1. The van der Waals surface area contributed by atoms with Gasteiger partial charge in [-0.3, -0.25) is 9.59 Å². The second-order valence-corrected chi connectivity index (χ2v) is 7.22. The third-order valence-corrected chi connectivity index (χ3v) is 4.63. The molecule has 0 bridgehead atoms. The van der Waals surface area contributed by atoms with Crippen molar-refractivity contribution in [2.75, 3.05) is 19.8 Å². The largest absolute Gasteiger partial charge is 0.465 e. The van der Waals surface area contributed by atoms with Crippen molar-refractivity contribution < 1.29 is 23.8 Å². The molecule has 0 aliphatic heterocycles. The Bertz CT molecular complexity index is 502. The van der Waals surface area contributed by atoms with Crippen LogP contribution in [0.15, 0.2) is 30.3 Å². The predicted molar refractivity (Wildman–Crippen MR) is 104 cm³/mol. The topological polar surface area (TPSA) is 61.8 Å². The van der Waals surface area contributed by atoms with Crippen LogP contribution in [0.4, 0.5) is 0 Å². The van der Waals surface area contributed by atoms with Crippen LogP contribution in [0.2, 0.25) is 0 Å². The lowest BCUT2D eigenvalue weighted by Gasteiger charge is -2.17. The monoisotopic (exact) mass is 428 g/mol.